The first-order valence-corrected chi connectivity index (χ1v) is 7.90. The molecule has 0 bridgehead atoms. The van der Waals surface area contributed by atoms with E-state index in [0.717, 1.165) is 0 Å². The Morgan fingerprint density at radius 2 is 2.12 bits per heavy atom. The maximum atomic E-state index is 13.8. The van der Waals surface area contributed by atoms with Crippen LogP contribution in [0.1, 0.15) is 27.2 Å². The van der Waals surface area contributed by atoms with Gasteiger partial charge in [-0.25, -0.2) is 9.18 Å². The number of nitrogens with two attached hydrogens (primary N) is 1. The number of likely N-dealkylation sites (tertiary alicyclic amines) is 1. The first kappa shape index (κ1) is 18.3. The quantitative estimate of drug-likeness (QED) is 0.853. The summed E-state index contributed by atoms with van der Waals surface area (Å²) < 4.78 is 30.1. The standard InChI is InChI=1S/C17H25FN2O4/c1-17(2,3)24-16(21)20-9-13(22-4)8-12(20)10-23-15-6-5-11(19)7-14(15)18/h5-7,12-13H,8-10,19H2,1-4H3. The van der Waals surface area contributed by atoms with Crippen LogP contribution < -0.4 is 10.5 Å². The van der Waals surface area contributed by atoms with Gasteiger partial charge in [0.25, 0.3) is 0 Å². The van der Waals surface area contributed by atoms with E-state index < -0.39 is 17.5 Å². The third-order valence-corrected chi connectivity index (χ3v) is 3.72. The normalized spacial score (nSPS) is 21.0. The summed E-state index contributed by atoms with van der Waals surface area (Å²) in [4.78, 5) is 13.9. The van der Waals surface area contributed by atoms with Crippen molar-refractivity contribution < 1.29 is 23.4 Å². The van der Waals surface area contributed by atoms with Crippen molar-refractivity contribution in [3.8, 4) is 5.75 Å². The number of anilines is 1. The molecule has 2 unspecified atom stereocenters. The molecule has 2 N–H and O–H groups in total. The number of rotatable bonds is 4. The summed E-state index contributed by atoms with van der Waals surface area (Å²) >= 11 is 0. The number of methoxy groups -OCH3 is 1. The lowest BCUT2D eigenvalue weighted by Crippen LogP contribution is -2.42. The van der Waals surface area contributed by atoms with Crippen molar-refractivity contribution in [3.63, 3.8) is 0 Å². The van der Waals surface area contributed by atoms with E-state index in [0.29, 0.717) is 18.7 Å². The van der Waals surface area contributed by atoms with E-state index in [1.165, 1.54) is 12.1 Å². The number of amides is 1. The van der Waals surface area contributed by atoms with Crippen LogP contribution in [0.4, 0.5) is 14.9 Å². The van der Waals surface area contributed by atoms with Crippen molar-refractivity contribution in [2.24, 2.45) is 0 Å². The summed E-state index contributed by atoms with van der Waals surface area (Å²) in [5.41, 5.74) is 5.26. The third-order valence-electron chi connectivity index (χ3n) is 3.72. The highest BCUT2D eigenvalue weighted by molar-refractivity contribution is 5.69. The molecule has 1 aromatic rings. The second kappa shape index (κ2) is 7.25. The van der Waals surface area contributed by atoms with Gasteiger partial charge in [0.05, 0.1) is 18.7 Å². The van der Waals surface area contributed by atoms with Crippen molar-refractivity contribution in [2.75, 3.05) is 26.0 Å². The highest BCUT2D eigenvalue weighted by atomic mass is 19.1. The van der Waals surface area contributed by atoms with Gasteiger partial charge in [0.2, 0.25) is 0 Å². The highest BCUT2D eigenvalue weighted by Crippen LogP contribution is 2.25. The van der Waals surface area contributed by atoms with E-state index in [9.17, 15) is 9.18 Å². The van der Waals surface area contributed by atoms with E-state index >= 15 is 0 Å². The monoisotopic (exact) mass is 340 g/mol. The van der Waals surface area contributed by atoms with E-state index in [4.69, 9.17) is 19.9 Å². The summed E-state index contributed by atoms with van der Waals surface area (Å²) in [7, 11) is 1.60. The summed E-state index contributed by atoms with van der Waals surface area (Å²) in [6.07, 6.45) is 0.0857. The molecule has 0 saturated carbocycles. The van der Waals surface area contributed by atoms with Gasteiger partial charge in [-0.1, -0.05) is 0 Å². The van der Waals surface area contributed by atoms with Crippen molar-refractivity contribution in [1.82, 2.24) is 4.90 Å². The predicted octanol–water partition coefficient (Wildman–Crippen LogP) is 2.81. The predicted molar refractivity (Wildman–Crippen MR) is 88.4 cm³/mol. The number of nitrogen functional groups attached to an aromatic ring is 1. The summed E-state index contributed by atoms with van der Waals surface area (Å²) in [6.45, 7) is 6.00. The number of hydrogen-bond donors (Lipinski definition) is 1. The minimum atomic E-state index is -0.587. The topological polar surface area (TPSA) is 74.0 Å². The molecule has 1 aliphatic heterocycles. The van der Waals surface area contributed by atoms with E-state index in [2.05, 4.69) is 0 Å². The van der Waals surface area contributed by atoms with Crippen LogP contribution in [0.15, 0.2) is 18.2 Å². The first-order valence-electron chi connectivity index (χ1n) is 7.90. The van der Waals surface area contributed by atoms with Crippen LogP contribution in [0.25, 0.3) is 0 Å². The Bertz CT molecular complexity index is 588. The maximum Gasteiger partial charge on any atom is 0.410 e. The molecule has 24 heavy (non-hydrogen) atoms. The molecule has 1 aromatic carbocycles. The Balaban J connectivity index is 2.03. The minimum absolute atomic E-state index is 0.0950. The Morgan fingerprint density at radius 3 is 2.71 bits per heavy atom. The van der Waals surface area contributed by atoms with Gasteiger partial charge in [-0.3, -0.25) is 4.90 Å². The number of halogens is 1. The molecular weight excluding hydrogens is 315 g/mol. The maximum absolute atomic E-state index is 13.8. The SMILES string of the molecule is COC1CC(COc2ccc(N)cc2F)N(C(=O)OC(C)(C)C)C1. The molecule has 0 radical (unpaired) electrons. The number of hydrogen-bond acceptors (Lipinski definition) is 5. The molecule has 1 fully saturated rings. The number of ether oxygens (including phenoxy) is 3. The largest absolute Gasteiger partial charge is 0.488 e. The van der Waals surface area contributed by atoms with Crippen LogP contribution in [0, 0.1) is 5.82 Å². The molecule has 1 aliphatic rings. The third kappa shape index (κ3) is 4.74. The van der Waals surface area contributed by atoms with Crippen molar-refractivity contribution >= 4 is 11.8 Å². The van der Waals surface area contributed by atoms with E-state index in [1.54, 1.807) is 18.1 Å². The highest BCUT2D eigenvalue weighted by Gasteiger charge is 2.38. The molecule has 134 valence electrons. The number of carbonyl (C=O) groups excluding carboxylic acids is 1. The molecule has 2 atom stereocenters. The molecule has 1 amide bonds. The Kier molecular flexibility index (Phi) is 5.54. The Labute approximate surface area is 141 Å². The molecule has 0 aromatic heterocycles. The average Bonchev–Trinajstić information content (AvgIpc) is 2.88. The fourth-order valence-corrected chi connectivity index (χ4v) is 2.57. The molecular formula is C17H25FN2O4. The van der Waals surface area contributed by atoms with Crippen molar-refractivity contribution in [3.05, 3.63) is 24.0 Å². The summed E-state index contributed by atoms with van der Waals surface area (Å²) in [5.74, 6) is -0.422. The van der Waals surface area contributed by atoms with Gasteiger partial charge in [0.1, 0.15) is 12.2 Å². The number of benzene rings is 1. The summed E-state index contributed by atoms with van der Waals surface area (Å²) in [5, 5.41) is 0. The van der Waals surface area contributed by atoms with Crippen LogP contribution >= 0.6 is 0 Å². The van der Waals surface area contributed by atoms with Gasteiger partial charge in [0, 0.05) is 18.9 Å². The van der Waals surface area contributed by atoms with E-state index in [1.807, 2.05) is 20.8 Å². The lowest BCUT2D eigenvalue weighted by Gasteiger charge is -2.28. The number of carbonyl (C=O) groups is 1. The molecule has 7 heteroatoms. The van der Waals surface area contributed by atoms with Crippen LogP contribution in [-0.2, 0) is 9.47 Å². The van der Waals surface area contributed by atoms with Crippen LogP contribution in [-0.4, -0.2) is 49.0 Å². The van der Waals surface area contributed by atoms with E-state index in [-0.39, 0.29) is 24.5 Å². The second-order valence-electron chi connectivity index (χ2n) is 6.88. The summed E-state index contributed by atoms with van der Waals surface area (Å²) in [6, 6.07) is 4.00. The molecule has 1 saturated heterocycles. The Morgan fingerprint density at radius 1 is 1.42 bits per heavy atom. The van der Waals surface area contributed by atoms with Crippen molar-refractivity contribution in [2.45, 2.75) is 44.9 Å². The van der Waals surface area contributed by atoms with Crippen molar-refractivity contribution in [1.29, 1.82) is 0 Å². The molecule has 0 aliphatic carbocycles. The second-order valence-corrected chi connectivity index (χ2v) is 6.88. The molecule has 2 rings (SSSR count). The molecule has 0 spiro atoms. The van der Waals surface area contributed by atoms with Gasteiger partial charge >= 0.3 is 6.09 Å². The van der Waals surface area contributed by atoms with Crippen LogP contribution in [0.3, 0.4) is 0 Å². The zero-order valence-electron chi connectivity index (χ0n) is 14.5. The van der Waals surface area contributed by atoms with Gasteiger partial charge < -0.3 is 19.9 Å². The molecule has 6 nitrogen and oxygen atoms in total. The fourth-order valence-electron chi connectivity index (χ4n) is 2.57. The number of nitrogens with zero attached hydrogens (tertiary/aromatic N) is 1. The fraction of sp³-hybridized carbons (Fsp3) is 0.588. The molecule has 1 heterocycles. The van der Waals surface area contributed by atoms with Crippen LogP contribution in [0.2, 0.25) is 0 Å². The van der Waals surface area contributed by atoms with Gasteiger partial charge in [-0.2, -0.15) is 0 Å². The minimum Gasteiger partial charge on any atom is -0.488 e. The van der Waals surface area contributed by atoms with Crippen LogP contribution in [0.5, 0.6) is 5.75 Å². The van der Waals surface area contributed by atoms with Gasteiger partial charge in [-0.05, 0) is 39.3 Å². The average molecular weight is 340 g/mol. The lowest BCUT2D eigenvalue weighted by atomic mass is 10.2. The zero-order valence-corrected chi connectivity index (χ0v) is 14.5. The Hall–Kier alpha value is -2.02. The van der Waals surface area contributed by atoms with Gasteiger partial charge in [0.15, 0.2) is 11.6 Å². The lowest BCUT2D eigenvalue weighted by molar-refractivity contribution is 0.0163. The van der Waals surface area contributed by atoms with Gasteiger partial charge in [-0.15, -0.1) is 0 Å². The first-order chi connectivity index (χ1) is 11.2. The smallest absolute Gasteiger partial charge is 0.410 e. The zero-order chi connectivity index (χ0) is 17.9.